The fourth-order valence-corrected chi connectivity index (χ4v) is 13.2. The lowest BCUT2D eigenvalue weighted by Gasteiger charge is -2.34. The number of likely N-dealkylation sites (N-methyl/N-ethyl adjacent to an activating group) is 1. The van der Waals surface area contributed by atoms with Crippen molar-refractivity contribution >= 4 is 24.5 Å². The van der Waals surface area contributed by atoms with Crippen molar-refractivity contribution < 1.29 is 31.8 Å². The van der Waals surface area contributed by atoms with Crippen molar-refractivity contribution in [3.05, 3.63) is 0 Å². The molecule has 0 aliphatic rings. The maximum atomic E-state index is 12.0. The summed E-state index contributed by atoms with van der Waals surface area (Å²) in [5, 5.41) is 0. The molecule has 7 nitrogen and oxygen atoms in total. The molecule has 31 heavy (non-hydrogen) atoms. The van der Waals surface area contributed by atoms with Crippen molar-refractivity contribution in [3.8, 4) is 0 Å². The average molecular weight is 501 g/mol. The van der Waals surface area contributed by atoms with Crippen LogP contribution >= 0.6 is 7.82 Å². The molecule has 188 valence electrons. The Morgan fingerprint density at radius 3 is 1.90 bits per heavy atom. The van der Waals surface area contributed by atoms with E-state index in [9.17, 15) is 9.46 Å². The van der Waals surface area contributed by atoms with Gasteiger partial charge in [-0.2, -0.15) is 0 Å². The van der Waals surface area contributed by atoms with Crippen LogP contribution in [0.5, 0.6) is 0 Å². The van der Waals surface area contributed by atoms with Crippen molar-refractivity contribution in [3.63, 3.8) is 0 Å². The van der Waals surface area contributed by atoms with Gasteiger partial charge in [0.2, 0.25) is 0 Å². The molecule has 0 radical (unpaired) electrons. The summed E-state index contributed by atoms with van der Waals surface area (Å²) in [6.07, 6.45) is 5.67. The van der Waals surface area contributed by atoms with E-state index in [4.69, 9.17) is 17.9 Å². The van der Waals surface area contributed by atoms with E-state index in [-0.39, 0.29) is 19.8 Å². The van der Waals surface area contributed by atoms with Gasteiger partial charge in [0, 0.05) is 6.61 Å². The quantitative estimate of drug-likeness (QED) is 0.101. The predicted octanol–water partition coefficient (Wildman–Crippen LogP) is 5.63. The molecule has 1 atom stereocenters. The Balaban J connectivity index is 3.94. The number of phosphoric acid groups is 1. The number of rotatable bonds is 20. The topological polar surface area (TPSA) is 74.2 Å². The van der Waals surface area contributed by atoms with E-state index in [1.807, 2.05) is 0 Å². The average Bonchev–Trinajstić information content (AvgIpc) is 2.62. The molecule has 1 N–H and O–H groups in total. The van der Waals surface area contributed by atoms with Gasteiger partial charge >= 0.3 is 7.82 Å². The zero-order chi connectivity index (χ0) is 24.0. The largest absolute Gasteiger partial charge is 0.472 e. The highest BCUT2D eigenvalue weighted by atomic mass is 31.2. The van der Waals surface area contributed by atoms with Crippen LogP contribution in [-0.2, 0) is 22.5 Å². The van der Waals surface area contributed by atoms with E-state index in [2.05, 4.69) is 54.1 Å². The summed E-state index contributed by atoms with van der Waals surface area (Å²) in [6.45, 7) is 16.4. The second-order valence-corrected chi connectivity index (χ2v) is 20.6. The zero-order valence-corrected chi connectivity index (χ0v) is 24.5. The Morgan fingerprint density at radius 2 is 1.32 bits per heavy atom. The van der Waals surface area contributed by atoms with Crippen LogP contribution < -0.4 is 0 Å². The molecule has 0 aromatic carbocycles. The predicted molar refractivity (Wildman–Crippen MR) is 134 cm³/mol. The summed E-state index contributed by atoms with van der Waals surface area (Å²) in [5.41, 5.74) is 0. The second-order valence-electron chi connectivity index (χ2n) is 10.3. The standard InChI is InChI=1S/C21H50NO6PSi2/c1-9-11-14-22(3,4)15-17-26-29(23,24)27-19-18-25-16-13-21-31(7,8)28-30(5,6)20-12-10-2/h9-21H2,1-8H3/p+1. The number of unbranched alkanes of at least 4 members (excludes halogenated alkanes) is 2. The monoisotopic (exact) mass is 500 g/mol. The third kappa shape index (κ3) is 18.5. The van der Waals surface area contributed by atoms with Crippen LogP contribution in [0.15, 0.2) is 0 Å². The smallest absolute Gasteiger partial charge is 0.455 e. The second kappa shape index (κ2) is 15.4. The Labute approximate surface area is 194 Å². The molecule has 0 spiro atoms. The maximum Gasteiger partial charge on any atom is 0.472 e. The summed E-state index contributed by atoms with van der Waals surface area (Å²) < 4.78 is 35.0. The number of ether oxygens (including phenoxy) is 1. The fourth-order valence-electron chi connectivity index (χ4n) is 3.50. The molecule has 0 bridgehead atoms. The highest BCUT2D eigenvalue weighted by Gasteiger charge is 2.32. The van der Waals surface area contributed by atoms with Crippen LogP contribution in [0, 0.1) is 0 Å². The van der Waals surface area contributed by atoms with E-state index in [1.54, 1.807) is 0 Å². The highest BCUT2D eigenvalue weighted by molar-refractivity contribution is 7.47. The Bertz CT molecular complexity index is 520. The van der Waals surface area contributed by atoms with Crippen LogP contribution in [0.2, 0.25) is 38.3 Å². The van der Waals surface area contributed by atoms with Gasteiger partial charge in [0.25, 0.3) is 0 Å². The van der Waals surface area contributed by atoms with Gasteiger partial charge in [-0.3, -0.25) is 9.05 Å². The van der Waals surface area contributed by atoms with Gasteiger partial charge < -0.3 is 18.2 Å². The van der Waals surface area contributed by atoms with Gasteiger partial charge in [-0.15, -0.1) is 0 Å². The third-order valence-electron chi connectivity index (χ3n) is 5.30. The Hall–Kier alpha value is 0.424. The first-order chi connectivity index (χ1) is 14.2. The Morgan fingerprint density at radius 1 is 0.774 bits per heavy atom. The summed E-state index contributed by atoms with van der Waals surface area (Å²) >= 11 is 0. The molecule has 0 saturated heterocycles. The minimum atomic E-state index is -4.02. The molecular formula is C21H51NO6PSi2+. The lowest BCUT2D eigenvalue weighted by atomic mass is 10.3. The van der Waals surface area contributed by atoms with E-state index in [0.717, 1.165) is 36.3 Å². The minimum Gasteiger partial charge on any atom is -0.455 e. The first-order valence-corrected chi connectivity index (χ1v) is 19.7. The van der Waals surface area contributed by atoms with Crippen molar-refractivity contribution in [1.29, 1.82) is 0 Å². The normalized spacial score (nSPS) is 15.3. The Kier molecular flexibility index (Phi) is 15.6. The van der Waals surface area contributed by atoms with Crippen LogP contribution in [0.4, 0.5) is 0 Å². The van der Waals surface area contributed by atoms with E-state index < -0.39 is 24.5 Å². The van der Waals surface area contributed by atoms with Crippen molar-refractivity contribution in [2.75, 3.05) is 53.6 Å². The molecule has 0 aliphatic heterocycles. The molecular weight excluding hydrogens is 449 g/mol. The van der Waals surface area contributed by atoms with Crippen LogP contribution in [0.25, 0.3) is 0 Å². The summed E-state index contributed by atoms with van der Waals surface area (Å²) in [7, 11) is -3.07. The molecule has 0 aromatic rings. The summed E-state index contributed by atoms with van der Waals surface area (Å²) in [6, 6.07) is 2.29. The van der Waals surface area contributed by atoms with Crippen LogP contribution in [0.1, 0.15) is 46.0 Å². The lowest BCUT2D eigenvalue weighted by molar-refractivity contribution is -0.890. The SMILES string of the molecule is CCCC[N+](C)(C)CCOP(=O)(O)OCCOCCC[Si](C)(C)O[Si](C)(C)CCCC. The van der Waals surface area contributed by atoms with Gasteiger partial charge in [0.05, 0.1) is 33.9 Å². The molecule has 10 heteroatoms. The zero-order valence-electron chi connectivity index (χ0n) is 21.6. The highest BCUT2D eigenvalue weighted by Crippen LogP contribution is 2.42. The number of phosphoric ester groups is 1. The van der Waals surface area contributed by atoms with Crippen LogP contribution in [-0.4, -0.2) is 79.6 Å². The molecule has 0 aliphatic carbocycles. The molecule has 0 fully saturated rings. The minimum absolute atomic E-state index is 0.0517. The first-order valence-electron chi connectivity index (χ1n) is 12.0. The van der Waals surface area contributed by atoms with Gasteiger partial charge in [-0.1, -0.05) is 33.1 Å². The fraction of sp³-hybridized carbons (Fsp3) is 1.00. The summed E-state index contributed by atoms with van der Waals surface area (Å²) in [5.74, 6) is 0. The van der Waals surface area contributed by atoms with Crippen molar-refractivity contribution in [1.82, 2.24) is 0 Å². The van der Waals surface area contributed by atoms with E-state index in [0.29, 0.717) is 13.2 Å². The molecule has 0 heterocycles. The maximum absolute atomic E-state index is 12.0. The van der Waals surface area contributed by atoms with Gasteiger partial charge in [-0.05, 0) is 51.1 Å². The first kappa shape index (κ1) is 31.4. The third-order valence-corrected chi connectivity index (χ3v) is 13.9. The number of quaternary nitrogens is 1. The molecule has 0 saturated carbocycles. The summed E-state index contributed by atoms with van der Waals surface area (Å²) in [4.78, 5) is 9.81. The number of nitrogens with zero attached hydrogens (tertiary/aromatic N) is 1. The molecule has 0 aromatic heterocycles. The van der Waals surface area contributed by atoms with Crippen molar-refractivity contribution in [2.45, 2.75) is 84.2 Å². The number of hydrogen-bond donors (Lipinski definition) is 1. The van der Waals surface area contributed by atoms with Crippen LogP contribution in [0.3, 0.4) is 0 Å². The van der Waals surface area contributed by atoms with Gasteiger partial charge in [-0.25, -0.2) is 4.57 Å². The molecule has 1 unspecified atom stereocenters. The lowest BCUT2D eigenvalue weighted by Crippen LogP contribution is -2.44. The van der Waals surface area contributed by atoms with E-state index >= 15 is 0 Å². The number of hydrogen-bond acceptors (Lipinski definition) is 5. The van der Waals surface area contributed by atoms with E-state index in [1.165, 1.54) is 18.9 Å². The van der Waals surface area contributed by atoms with Gasteiger partial charge in [0.1, 0.15) is 13.2 Å². The molecule has 0 amide bonds. The van der Waals surface area contributed by atoms with Gasteiger partial charge in [0.15, 0.2) is 16.6 Å². The molecule has 0 rings (SSSR count). The van der Waals surface area contributed by atoms with Crippen molar-refractivity contribution in [2.24, 2.45) is 0 Å².